The number of hydrogen-bond donors (Lipinski definition) is 2. The zero-order valence-corrected chi connectivity index (χ0v) is 16.1. The lowest BCUT2D eigenvalue weighted by Gasteiger charge is -2.13. The standard InChI is InChI=1S/C19H38N2O4/c1-24-18(22)14-8-6-12-16(20)10-4-3-5-11-17(21)13-7-9-15-19(23)25-2/h16-17H,3-15,20-21H2,1-2H3. The third-order valence-corrected chi connectivity index (χ3v) is 4.52. The molecule has 0 fully saturated rings. The molecule has 0 saturated heterocycles. The molecule has 0 aromatic rings. The van der Waals surface area contributed by atoms with Crippen molar-refractivity contribution in [3.63, 3.8) is 0 Å². The third-order valence-electron chi connectivity index (χ3n) is 4.52. The molecule has 2 atom stereocenters. The highest BCUT2D eigenvalue weighted by Gasteiger charge is 2.07. The van der Waals surface area contributed by atoms with Gasteiger partial charge in [-0.05, 0) is 38.5 Å². The summed E-state index contributed by atoms with van der Waals surface area (Å²) in [7, 11) is 2.84. The number of ether oxygens (including phenoxy) is 2. The Hall–Kier alpha value is -1.14. The third kappa shape index (κ3) is 16.1. The maximum atomic E-state index is 11.0. The van der Waals surface area contributed by atoms with Crippen LogP contribution in [0.2, 0.25) is 0 Å². The Bertz CT molecular complexity index is 318. The van der Waals surface area contributed by atoms with E-state index < -0.39 is 0 Å². The lowest BCUT2D eigenvalue weighted by molar-refractivity contribution is -0.141. The molecule has 0 radical (unpaired) electrons. The molecule has 0 spiro atoms. The summed E-state index contributed by atoms with van der Waals surface area (Å²) in [5, 5.41) is 0. The summed E-state index contributed by atoms with van der Waals surface area (Å²) < 4.78 is 9.23. The zero-order valence-electron chi connectivity index (χ0n) is 16.1. The Morgan fingerprint density at radius 2 is 0.960 bits per heavy atom. The van der Waals surface area contributed by atoms with E-state index in [9.17, 15) is 9.59 Å². The largest absolute Gasteiger partial charge is 0.469 e. The second-order valence-electron chi connectivity index (χ2n) is 6.80. The van der Waals surface area contributed by atoms with E-state index in [4.69, 9.17) is 11.5 Å². The van der Waals surface area contributed by atoms with Crippen LogP contribution in [-0.4, -0.2) is 38.2 Å². The van der Waals surface area contributed by atoms with E-state index >= 15 is 0 Å². The first-order valence-corrected chi connectivity index (χ1v) is 9.64. The molecular weight excluding hydrogens is 320 g/mol. The lowest BCUT2D eigenvalue weighted by Crippen LogP contribution is -2.20. The van der Waals surface area contributed by atoms with Gasteiger partial charge in [-0.2, -0.15) is 0 Å². The van der Waals surface area contributed by atoms with Crippen molar-refractivity contribution in [2.24, 2.45) is 11.5 Å². The van der Waals surface area contributed by atoms with Crippen molar-refractivity contribution in [3.8, 4) is 0 Å². The highest BCUT2D eigenvalue weighted by Crippen LogP contribution is 2.13. The first-order chi connectivity index (χ1) is 12.0. The van der Waals surface area contributed by atoms with Crippen LogP contribution in [0.25, 0.3) is 0 Å². The Morgan fingerprint density at radius 3 is 1.28 bits per heavy atom. The predicted molar refractivity (Wildman–Crippen MR) is 100 cm³/mol. The second-order valence-corrected chi connectivity index (χ2v) is 6.80. The van der Waals surface area contributed by atoms with Crippen molar-refractivity contribution in [1.29, 1.82) is 0 Å². The quantitative estimate of drug-likeness (QED) is 0.324. The molecule has 2 unspecified atom stereocenters. The molecule has 0 aliphatic heterocycles. The monoisotopic (exact) mass is 358 g/mol. The van der Waals surface area contributed by atoms with Crippen molar-refractivity contribution in [3.05, 3.63) is 0 Å². The molecule has 0 amide bonds. The Balaban J connectivity index is 3.40. The normalized spacial score (nSPS) is 13.3. The van der Waals surface area contributed by atoms with Crippen LogP contribution < -0.4 is 11.5 Å². The summed E-state index contributed by atoms with van der Waals surface area (Å²) in [6, 6.07) is 0.453. The van der Waals surface area contributed by atoms with Crippen LogP contribution in [0.3, 0.4) is 0 Å². The van der Waals surface area contributed by atoms with Gasteiger partial charge < -0.3 is 20.9 Å². The van der Waals surface area contributed by atoms with E-state index in [1.54, 1.807) is 0 Å². The first-order valence-electron chi connectivity index (χ1n) is 9.64. The van der Waals surface area contributed by atoms with E-state index in [0.717, 1.165) is 70.6 Å². The van der Waals surface area contributed by atoms with Crippen molar-refractivity contribution >= 4 is 11.9 Å². The molecule has 0 heterocycles. The fourth-order valence-corrected chi connectivity index (χ4v) is 2.83. The van der Waals surface area contributed by atoms with E-state index in [1.165, 1.54) is 14.2 Å². The summed E-state index contributed by atoms with van der Waals surface area (Å²) >= 11 is 0. The average molecular weight is 359 g/mol. The van der Waals surface area contributed by atoms with Gasteiger partial charge in [-0.15, -0.1) is 0 Å². The Morgan fingerprint density at radius 1 is 0.640 bits per heavy atom. The van der Waals surface area contributed by atoms with Gasteiger partial charge in [0.05, 0.1) is 14.2 Å². The molecule has 6 heteroatoms. The molecular formula is C19H38N2O4. The van der Waals surface area contributed by atoms with Gasteiger partial charge in [0.25, 0.3) is 0 Å². The highest BCUT2D eigenvalue weighted by atomic mass is 16.5. The van der Waals surface area contributed by atoms with Gasteiger partial charge in [-0.25, -0.2) is 0 Å². The van der Waals surface area contributed by atoms with Crippen LogP contribution in [0.4, 0.5) is 0 Å². The summed E-state index contributed by atoms with van der Waals surface area (Å²) in [4.78, 5) is 22.0. The van der Waals surface area contributed by atoms with Crippen LogP contribution in [0, 0.1) is 0 Å². The number of methoxy groups -OCH3 is 2. The molecule has 0 bridgehead atoms. The molecule has 4 N–H and O–H groups in total. The number of esters is 2. The average Bonchev–Trinajstić information content (AvgIpc) is 2.61. The zero-order chi connectivity index (χ0) is 18.9. The molecule has 0 rings (SSSR count). The van der Waals surface area contributed by atoms with Gasteiger partial charge >= 0.3 is 11.9 Å². The summed E-state index contributed by atoms with van der Waals surface area (Å²) in [5.74, 6) is -0.287. The van der Waals surface area contributed by atoms with Crippen molar-refractivity contribution < 1.29 is 19.1 Å². The van der Waals surface area contributed by atoms with Gasteiger partial charge in [-0.1, -0.05) is 32.1 Å². The fraction of sp³-hybridized carbons (Fsp3) is 0.895. The molecule has 6 nitrogen and oxygen atoms in total. The van der Waals surface area contributed by atoms with Crippen LogP contribution in [0.5, 0.6) is 0 Å². The van der Waals surface area contributed by atoms with Gasteiger partial charge in [0.2, 0.25) is 0 Å². The molecule has 0 saturated carbocycles. The van der Waals surface area contributed by atoms with Crippen LogP contribution in [-0.2, 0) is 19.1 Å². The summed E-state index contributed by atoms with van der Waals surface area (Å²) in [6.45, 7) is 0. The number of hydrogen-bond acceptors (Lipinski definition) is 6. The Kier molecular flexibility index (Phi) is 15.6. The number of carbonyl (C=O) groups is 2. The number of rotatable bonds is 16. The van der Waals surface area contributed by atoms with Gasteiger partial charge in [0.1, 0.15) is 0 Å². The van der Waals surface area contributed by atoms with Gasteiger partial charge in [0, 0.05) is 24.9 Å². The predicted octanol–water partition coefficient (Wildman–Crippen LogP) is 3.06. The molecule has 148 valence electrons. The minimum Gasteiger partial charge on any atom is -0.469 e. The molecule has 0 aliphatic rings. The number of carbonyl (C=O) groups excluding carboxylic acids is 2. The maximum absolute atomic E-state index is 11.0. The summed E-state index contributed by atoms with van der Waals surface area (Å²) in [6.07, 6.45) is 12.1. The highest BCUT2D eigenvalue weighted by molar-refractivity contribution is 5.69. The molecule has 0 aliphatic carbocycles. The van der Waals surface area contributed by atoms with Gasteiger partial charge in [-0.3, -0.25) is 9.59 Å². The van der Waals surface area contributed by atoms with E-state index in [2.05, 4.69) is 9.47 Å². The van der Waals surface area contributed by atoms with Crippen LogP contribution in [0.15, 0.2) is 0 Å². The van der Waals surface area contributed by atoms with E-state index in [-0.39, 0.29) is 24.0 Å². The number of unbranched alkanes of at least 4 members (excludes halogenated alkanes) is 4. The Labute approximate surface area is 153 Å². The maximum Gasteiger partial charge on any atom is 0.305 e. The van der Waals surface area contributed by atoms with E-state index in [0.29, 0.717) is 12.8 Å². The second kappa shape index (κ2) is 16.3. The van der Waals surface area contributed by atoms with Crippen molar-refractivity contribution in [2.75, 3.05) is 14.2 Å². The number of nitrogens with two attached hydrogens (primary N) is 2. The summed E-state index contributed by atoms with van der Waals surface area (Å²) in [5.41, 5.74) is 12.2. The molecule has 0 aromatic heterocycles. The molecule has 0 aromatic carbocycles. The van der Waals surface area contributed by atoms with E-state index in [1.807, 2.05) is 0 Å². The minimum absolute atomic E-state index is 0.143. The van der Waals surface area contributed by atoms with Crippen molar-refractivity contribution in [2.45, 2.75) is 95.6 Å². The van der Waals surface area contributed by atoms with Crippen LogP contribution >= 0.6 is 0 Å². The smallest absolute Gasteiger partial charge is 0.305 e. The topological polar surface area (TPSA) is 105 Å². The fourth-order valence-electron chi connectivity index (χ4n) is 2.83. The molecule has 25 heavy (non-hydrogen) atoms. The first kappa shape index (κ1) is 23.9. The van der Waals surface area contributed by atoms with Gasteiger partial charge in [0.15, 0.2) is 0 Å². The minimum atomic E-state index is -0.143. The lowest BCUT2D eigenvalue weighted by atomic mass is 9.99. The SMILES string of the molecule is COC(=O)CCCCC(N)CCCCCC(N)CCCCC(=O)OC. The van der Waals surface area contributed by atoms with Crippen LogP contribution in [0.1, 0.15) is 83.5 Å². The van der Waals surface area contributed by atoms with Crippen molar-refractivity contribution in [1.82, 2.24) is 0 Å².